The number of rotatable bonds is 5. The molecule has 2 unspecified atom stereocenters. The van der Waals surface area contributed by atoms with Crippen LogP contribution in [0, 0.1) is 0 Å². The monoisotopic (exact) mass is 280 g/mol. The predicted molar refractivity (Wildman–Crippen MR) is 78.4 cm³/mol. The molecule has 1 aliphatic rings. The topological polar surface area (TPSA) is 41.6 Å². The van der Waals surface area contributed by atoms with Crippen molar-refractivity contribution in [2.75, 3.05) is 26.5 Å². The van der Waals surface area contributed by atoms with Gasteiger partial charge in [-0.3, -0.25) is 10.1 Å². The van der Waals surface area contributed by atoms with E-state index in [0.717, 1.165) is 17.9 Å². The molecular formula is C14H20N2O2S. The summed E-state index contributed by atoms with van der Waals surface area (Å²) in [5.41, 5.74) is 1.07. The van der Waals surface area contributed by atoms with Crippen LogP contribution in [-0.2, 0) is 4.79 Å². The van der Waals surface area contributed by atoms with Gasteiger partial charge in [0.1, 0.15) is 11.9 Å². The van der Waals surface area contributed by atoms with Crippen molar-refractivity contribution in [2.45, 2.75) is 18.3 Å². The first-order valence-corrected chi connectivity index (χ1v) is 7.64. The van der Waals surface area contributed by atoms with Crippen molar-refractivity contribution in [3.63, 3.8) is 0 Å². The van der Waals surface area contributed by atoms with Crippen LogP contribution in [0.15, 0.2) is 24.3 Å². The number of amides is 1. The molecule has 1 heterocycles. The third-order valence-corrected chi connectivity index (χ3v) is 4.30. The Morgan fingerprint density at radius 3 is 3.05 bits per heavy atom. The van der Waals surface area contributed by atoms with Gasteiger partial charge in [0.25, 0.3) is 0 Å². The highest BCUT2D eigenvalue weighted by molar-refractivity contribution is 7.99. The number of thioether (sulfide) groups is 1. The van der Waals surface area contributed by atoms with Crippen LogP contribution in [0.2, 0.25) is 0 Å². The Labute approximate surface area is 118 Å². The molecule has 104 valence electrons. The fraction of sp³-hybridized carbons (Fsp3) is 0.500. The zero-order chi connectivity index (χ0) is 13.8. The van der Waals surface area contributed by atoms with E-state index >= 15 is 0 Å². The molecule has 1 N–H and O–H groups in total. The standard InChI is InChI=1S/C14H20N2O2S/c1-10(19-3)9-16-13(17)8-15-14(16)11-5-4-6-12(7-11)18-2/h4-7,10,14-15H,8-9H2,1-3H3. The Balaban J connectivity index is 2.19. The van der Waals surface area contributed by atoms with Gasteiger partial charge in [-0.25, -0.2) is 0 Å². The number of hydrogen-bond acceptors (Lipinski definition) is 4. The normalized spacial score (nSPS) is 20.7. The first kappa shape index (κ1) is 14.2. The zero-order valence-corrected chi connectivity index (χ0v) is 12.4. The molecule has 0 spiro atoms. The highest BCUT2D eigenvalue weighted by Crippen LogP contribution is 2.26. The molecule has 19 heavy (non-hydrogen) atoms. The van der Waals surface area contributed by atoms with Gasteiger partial charge in [0.15, 0.2) is 0 Å². The van der Waals surface area contributed by atoms with Gasteiger partial charge in [-0.05, 0) is 24.0 Å². The number of nitrogens with one attached hydrogen (secondary N) is 1. The average molecular weight is 280 g/mol. The summed E-state index contributed by atoms with van der Waals surface area (Å²) < 4.78 is 5.24. The van der Waals surface area contributed by atoms with E-state index in [1.165, 1.54) is 0 Å². The second kappa shape index (κ2) is 6.30. The Morgan fingerprint density at radius 1 is 1.58 bits per heavy atom. The number of carbonyl (C=O) groups excluding carboxylic acids is 1. The number of hydrogen-bond donors (Lipinski definition) is 1. The van der Waals surface area contributed by atoms with Crippen molar-refractivity contribution < 1.29 is 9.53 Å². The second-order valence-corrected chi connectivity index (χ2v) is 5.93. The maximum absolute atomic E-state index is 12.0. The molecule has 1 aliphatic heterocycles. The molecule has 1 aromatic rings. The predicted octanol–water partition coefficient (Wildman–Crippen LogP) is 1.88. The minimum atomic E-state index is -0.0443. The largest absolute Gasteiger partial charge is 0.497 e. The summed E-state index contributed by atoms with van der Waals surface area (Å²) >= 11 is 1.77. The van der Waals surface area contributed by atoms with Crippen LogP contribution < -0.4 is 10.1 Å². The lowest BCUT2D eigenvalue weighted by atomic mass is 10.1. The van der Waals surface area contributed by atoms with Crippen molar-refractivity contribution in [1.82, 2.24) is 10.2 Å². The summed E-state index contributed by atoms with van der Waals surface area (Å²) in [5.74, 6) is 0.977. The minimum Gasteiger partial charge on any atom is -0.497 e. The number of methoxy groups -OCH3 is 1. The maximum atomic E-state index is 12.0. The third kappa shape index (κ3) is 3.22. The molecule has 0 aromatic heterocycles. The number of benzene rings is 1. The summed E-state index contributed by atoms with van der Waals surface area (Å²) in [7, 11) is 1.65. The van der Waals surface area contributed by atoms with Gasteiger partial charge < -0.3 is 9.64 Å². The van der Waals surface area contributed by atoms with Crippen molar-refractivity contribution in [3.05, 3.63) is 29.8 Å². The Morgan fingerprint density at radius 2 is 2.37 bits per heavy atom. The molecule has 1 aromatic carbocycles. The van der Waals surface area contributed by atoms with Crippen LogP contribution in [-0.4, -0.2) is 42.5 Å². The molecule has 0 radical (unpaired) electrons. The van der Waals surface area contributed by atoms with Gasteiger partial charge in [-0.2, -0.15) is 11.8 Å². The van der Waals surface area contributed by atoms with E-state index in [0.29, 0.717) is 11.8 Å². The van der Waals surface area contributed by atoms with Crippen LogP contribution in [0.25, 0.3) is 0 Å². The van der Waals surface area contributed by atoms with Gasteiger partial charge in [0.05, 0.1) is 13.7 Å². The molecule has 1 fully saturated rings. The Kier molecular flexibility index (Phi) is 4.71. The Hall–Kier alpha value is -1.20. The number of ether oxygens (including phenoxy) is 1. The van der Waals surface area contributed by atoms with Crippen molar-refractivity contribution in [1.29, 1.82) is 0 Å². The molecule has 1 amide bonds. The quantitative estimate of drug-likeness (QED) is 0.894. The first-order valence-electron chi connectivity index (χ1n) is 6.35. The molecule has 2 rings (SSSR count). The van der Waals surface area contributed by atoms with Crippen LogP contribution in [0.5, 0.6) is 5.75 Å². The van der Waals surface area contributed by atoms with E-state index in [9.17, 15) is 4.79 Å². The van der Waals surface area contributed by atoms with Gasteiger partial charge in [0, 0.05) is 11.8 Å². The molecule has 5 heteroatoms. The van der Waals surface area contributed by atoms with E-state index in [1.54, 1.807) is 18.9 Å². The van der Waals surface area contributed by atoms with Gasteiger partial charge >= 0.3 is 0 Å². The maximum Gasteiger partial charge on any atom is 0.238 e. The van der Waals surface area contributed by atoms with Gasteiger partial charge in [-0.15, -0.1) is 0 Å². The summed E-state index contributed by atoms with van der Waals surface area (Å²) in [5, 5.41) is 3.69. The molecular weight excluding hydrogens is 260 g/mol. The van der Waals surface area contributed by atoms with Gasteiger partial charge in [0.2, 0.25) is 5.91 Å². The lowest BCUT2D eigenvalue weighted by Gasteiger charge is -2.27. The zero-order valence-electron chi connectivity index (χ0n) is 11.6. The molecule has 0 saturated carbocycles. The first-order chi connectivity index (χ1) is 9.15. The smallest absolute Gasteiger partial charge is 0.238 e. The highest BCUT2D eigenvalue weighted by atomic mass is 32.2. The average Bonchev–Trinajstić information content (AvgIpc) is 2.80. The number of nitrogens with zero attached hydrogens (tertiary/aromatic N) is 1. The summed E-state index contributed by atoms with van der Waals surface area (Å²) in [6.45, 7) is 3.30. The van der Waals surface area contributed by atoms with Crippen molar-refractivity contribution in [3.8, 4) is 5.75 Å². The van der Waals surface area contributed by atoms with Crippen LogP contribution in [0.3, 0.4) is 0 Å². The van der Waals surface area contributed by atoms with Crippen LogP contribution in [0.4, 0.5) is 0 Å². The van der Waals surface area contributed by atoms with E-state index in [-0.39, 0.29) is 12.1 Å². The Bertz CT molecular complexity index is 453. The molecule has 4 nitrogen and oxygen atoms in total. The molecule has 0 bridgehead atoms. The molecule has 0 aliphatic carbocycles. The van der Waals surface area contributed by atoms with Crippen molar-refractivity contribution in [2.24, 2.45) is 0 Å². The summed E-state index contributed by atoms with van der Waals surface area (Å²) in [6, 6.07) is 7.87. The van der Waals surface area contributed by atoms with Crippen LogP contribution in [0.1, 0.15) is 18.7 Å². The molecule has 1 saturated heterocycles. The van der Waals surface area contributed by atoms with Crippen LogP contribution >= 0.6 is 11.8 Å². The lowest BCUT2D eigenvalue weighted by Crippen LogP contribution is -2.34. The van der Waals surface area contributed by atoms with E-state index in [1.807, 2.05) is 29.2 Å². The highest BCUT2D eigenvalue weighted by Gasteiger charge is 2.32. The van der Waals surface area contributed by atoms with E-state index < -0.39 is 0 Å². The van der Waals surface area contributed by atoms with E-state index in [2.05, 4.69) is 18.5 Å². The summed E-state index contributed by atoms with van der Waals surface area (Å²) in [6.07, 6.45) is 2.02. The fourth-order valence-electron chi connectivity index (χ4n) is 2.21. The lowest BCUT2D eigenvalue weighted by molar-refractivity contribution is -0.128. The third-order valence-electron chi connectivity index (χ3n) is 3.34. The second-order valence-electron chi connectivity index (χ2n) is 4.65. The van der Waals surface area contributed by atoms with Gasteiger partial charge in [-0.1, -0.05) is 19.1 Å². The van der Waals surface area contributed by atoms with Crippen molar-refractivity contribution >= 4 is 17.7 Å². The summed E-state index contributed by atoms with van der Waals surface area (Å²) in [4.78, 5) is 13.9. The molecule has 2 atom stereocenters. The SMILES string of the molecule is COc1cccc(C2NCC(=O)N2CC(C)SC)c1. The van der Waals surface area contributed by atoms with E-state index in [4.69, 9.17) is 4.74 Å². The fourth-order valence-corrected chi connectivity index (χ4v) is 2.52. The minimum absolute atomic E-state index is 0.0443. The number of carbonyl (C=O) groups is 1.